The van der Waals surface area contributed by atoms with E-state index in [-0.39, 0.29) is 66.6 Å². The topological polar surface area (TPSA) is 186 Å². The van der Waals surface area contributed by atoms with Gasteiger partial charge >= 0.3 is 7.87 Å². The van der Waals surface area contributed by atoms with E-state index in [1.807, 2.05) is 111 Å². The quantitative estimate of drug-likeness (QED) is 0.0596. The average Bonchev–Trinajstić information content (AvgIpc) is 3.84. The number of hydrogen-bond acceptors (Lipinski definition) is 12. The van der Waals surface area contributed by atoms with Crippen molar-refractivity contribution in [2.24, 2.45) is 5.92 Å². The van der Waals surface area contributed by atoms with Crippen LogP contribution in [0.3, 0.4) is 0 Å². The number of anilines is 1. The third-order valence-electron chi connectivity index (χ3n) is 10.6. The third kappa shape index (κ3) is 9.24. The fourth-order valence-corrected chi connectivity index (χ4v) is 10.8. The number of nitrogens with zero attached hydrogens (tertiary/aromatic N) is 5. The van der Waals surface area contributed by atoms with Gasteiger partial charge in [-0.2, -0.15) is 14.8 Å². The molecule has 3 N–H and O–H groups in total. The predicted octanol–water partition coefficient (Wildman–Crippen LogP) is 7.20. The van der Waals surface area contributed by atoms with E-state index in [2.05, 4.69) is 26.3 Å². The Morgan fingerprint density at radius 1 is 0.983 bits per heavy atom. The van der Waals surface area contributed by atoms with Crippen LogP contribution in [0.2, 0.25) is 0 Å². The molecule has 0 bridgehead atoms. The summed E-state index contributed by atoms with van der Waals surface area (Å²) in [5.41, 5.74) is 1.00. The lowest BCUT2D eigenvalue weighted by Crippen LogP contribution is -2.42. The largest absolute Gasteiger partial charge is 0.497 e. The number of fused-ring (bicyclic) bond motifs is 1. The monoisotopic (exact) mass is 840 g/mol. The van der Waals surface area contributed by atoms with E-state index >= 15 is 0 Å². The maximum absolute atomic E-state index is 13.2. The van der Waals surface area contributed by atoms with Crippen molar-refractivity contribution >= 4 is 30.9 Å². The minimum Gasteiger partial charge on any atom is -0.497 e. The van der Waals surface area contributed by atoms with Gasteiger partial charge in [-0.05, 0) is 68.7 Å². The van der Waals surface area contributed by atoms with Crippen molar-refractivity contribution in [3.63, 3.8) is 0 Å². The lowest BCUT2D eigenvalue weighted by molar-refractivity contribution is -0.118. The molecule has 0 radical (unpaired) electrons. The number of ether oxygens (including phenoxy) is 4. The van der Waals surface area contributed by atoms with Gasteiger partial charge in [0.2, 0.25) is 11.9 Å². The molecule has 1 unspecified atom stereocenters. The highest BCUT2D eigenvalue weighted by atomic mass is 31.2. The molecule has 0 spiro atoms. The molecule has 1 aliphatic heterocycles. The molecular formula is C44H55N7O8P+. The van der Waals surface area contributed by atoms with Crippen molar-refractivity contribution in [1.82, 2.24) is 24.2 Å². The van der Waals surface area contributed by atoms with Crippen LogP contribution in [0.5, 0.6) is 11.5 Å². The summed E-state index contributed by atoms with van der Waals surface area (Å²) in [6.07, 6.45) is -0.501. The number of carbonyl (C=O) groups is 1. The zero-order chi connectivity index (χ0) is 43.2. The van der Waals surface area contributed by atoms with Crippen LogP contribution in [0.4, 0.5) is 5.95 Å². The molecule has 1 aliphatic rings. The molecule has 2 aromatic heterocycles. The van der Waals surface area contributed by atoms with Crippen molar-refractivity contribution in [3.05, 3.63) is 112 Å². The summed E-state index contributed by atoms with van der Waals surface area (Å²) in [5.74, 6) is 0.663. The molecule has 5 aromatic rings. The van der Waals surface area contributed by atoms with Crippen LogP contribution in [0, 0.1) is 17.2 Å². The van der Waals surface area contributed by atoms with E-state index in [4.69, 9.17) is 23.5 Å². The van der Waals surface area contributed by atoms with Gasteiger partial charge in [0, 0.05) is 24.4 Å². The van der Waals surface area contributed by atoms with Crippen LogP contribution in [0.1, 0.15) is 77.3 Å². The Labute approximate surface area is 351 Å². The SMILES string of the molecule is COc1ccc(C(OC[C@H]2O[C@@H](n3cnc4c(=O)[nH]c(NC(=O)C(C)C)nc43)C[C@@H]2O[P+](O)(CCC#N)N(C(C)C)C(C)C)(c2ccccc2)c2ccc(OC)cc2)cc1. The summed E-state index contributed by atoms with van der Waals surface area (Å²) in [6, 6.07) is 27.2. The Morgan fingerprint density at radius 3 is 2.10 bits per heavy atom. The van der Waals surface area contributed by atoms with Gasteiger partial charge < -0.3 is 18.9 Å². The summed E-state index contributed by atoms with van der Waals surface area (Å²) >= 11 is 0. The highest BCUT2D eigenvalue weighted by Crippen LogP contribution is 2.63. The van der Waals surface area contributed by atoms with Crippen molar-refractivity contribution in [3.8, 4) is 17.6 Å². The Hall–Kier alpha value is -5.20. The molecule has 1 amide bonds. The normalized spacial score (nSPS) is 18.0. The third-order valence-corrected chi connectivity index (χ3v) is 13.6. The van der Waals surface area contributed by atoms with Gasteiger partial charge in [-0.15, -0.1) is 4.67 Å². The van der Waals surface area contributed by atoms with E-state index in [1.54, 1.807) is 32.6 Å². The van der Waals surface area contributed by atoms with Gasteiger partial charge in [-0.25, -0.2) is 9.88 Å². The molecule has 6 rings (SSSR count). The molecule has 3 aromatic carbocycles. The zero-order valence-corrected chi connectivity index (χ0v) is 36.3. The van der Waals surface area contributed by atoms with Gasteiger partial charge in [-0.1, -0.05) is 68.4 Å². The first-order valence-corrected chi connectivity index (χ1v) is 21.9. The molecule has 4 atom stereocenters. The number of rotatable bonds is 18. The summed E-state index contributed by atoms with van der Waals surface area (Å²) < 4.78 is 35.8. The van der Waals surface area contributed by atoms with E-state index < -0.39 is 37.5 Å². The lowest BCUT2D eigenvalue weighted by Gasteiger charge is -2.38. The maximum atomic E-state index is 13.2. The smallest absolute Gasteiger partial charge is 0.347 e. The van der Waals surface area contributed by atoms with Crippen LogP contribution >= 0.6 is 7.87 Å². The van der Waals surface area contributed by atoms with Crippen molar-refractivity contribution in [2.75, 3.05) is 32.3 Å². The Balaban J connectivity index is 1.47. The van der Waals surface area contributed by atoms with Crippen LogP contribution < -0.4 is 20.3 Å². The van der Waals surface area contributed by atoms with Crippen LogP contribution in [0.15, 0.2) is 90.0 Å². The minimum absolute atomic E-state index is 0.0217. The van der Waals surface area contributed by atoms with Gasteiger partial charge in [0.1, 0.15) is 41.7 Å². The number of hydrogen-bond donors (Lipinski definition) is 3. The Morgan fingerprint density at radius 2 is 1.57 bits per heavy atom. The van der Waals surface area contributed by atoms with Gasteiger partial charge in [0.15, 0.2) is 11.2 Å². The highest BCUT2D eigenvalue weighted by Gasteiger charge is 2.54. The summed E-state index contributed by atoms with van der Waals surface area (Å²) in [7, 11) is -0.207. The van der Waals surface area contributed by atoms with E-state index in [0.717, 1.165) is 16.7 Å². The molecule has 318 valence electrons. The standard InChI is InChI=1S/C44H54N7O8P/c1-28(2)41(52)48-43-47-40-39(42(53)49-43)46-27-50(40)38-25-36(59-60(54,24-12-23-45)51(29(3)4)30(5)6)37(58-38)26-57-44(31-13-10-9-11-14-31,32-15-19-34(55-7)20-16-32)33-17-21-35(56-8)22-18-33/h9-11,13-22,27-30,36-38,54H,12,24-26H2,1-8H3,(H-,47,48,49,52,53)/p+1/t36-,37+,38+,60?/m0/s1. The molecular weight excluding hydrogens is 785 g/mol. The number of aromatic amines is 1. The number of benzene rings is 3. The van der Waals surface area contributed by atoms with E-state index in [9.17, 15) is 19.7 Å². The first-order valence-electron chi connectivity index (χ1n) is 20.1. The van der Waals surface area contributed by atoms with Gasteiger partial charge in [0.05, 0.1) is 39.6 Å². The molecule has 0 aliphatic carbocycles. The van der Waals surface area contributed by atoms with Gasteiger partial charge in [-0.3, -0.25) is 24.5 Å². The molecule has 1 saturated heterocycles. The van der Waals surface area contributed by atoms with Crippen molar-refractivity contribution in [1.29, 1.82) is 5.26 Å². The number of carbonyl (C=O) groups excluding carboxylic acids is 1. The summed E-state index contributed by atoms with van der Waals surface area (Å²) in [5, 5.41) is 12.4. The highest BCUT2D eigenvalue weighted by molar-refractivity contribution is 7.63. The first-order chi connectivity index (χ1) is 28.7. The summed E-state index contributed by atoms with van der Waals surface area (Å²) in [6.45, 7) is 11.4. The Kier molecular flexibility index (Phi) is 14.1. The predicted molar refractivity (Wildman–Crippen MR) is 230 cm³/mol. The average molecular weight is 841 g/mol. The van der Waals surface area contributed by atoms with Crippen molar-refractivity contribution in [2.45, 2.75) is 90.5 Å². The molecule has 16 heteroatoms. The Bertz CT molecular complexity index is 2260. The number of nitriles is 1. The second-order valence-electron chi connectivity index (χ2n) is 15.6. The minimum atomic E-state index is -3.44. The van der Waals surface area contributed by atoms with E-state index in [1.165, 1.54) is 6.33 Å². The number of imidazole rings is 1. The molecule has 3 heterocycles. The number of H-pyrrole nitrogens is 1. The molecule has 1 fully saturated rings. The van der Waals surface area contributed by atoms with Crippen LogP contribution in [0.25, 0.3) is 11.2 Å². The second kappa shape index (κ2) is 19.0. The fourth-order valence-electron chi connectivity index (χ4n) is 7.82. The summed E-state index contributed by atoms with van der Waals surface area (Å²) in [4.78, 5) is 50.0. The van der Waals surface area contributed by atoms with Gasteiger partial charge in [0.25, 0.3) is 5.56 Å². The van der Waals surface area contributed by atoms with E-state index in [0.29, 0.717) is 11.5 Å². The second-order valence-corrected chi connectivity index (χ2v) is 18.0. The number of methoxy groups -OCH3 is 2. The van der Waals surface area contributed by atoms with Crippen molar-refractivity contribution < 1.29 is 33.2 Å². The number of nitrogens with one attached hydrogen (secondary N) is 2. The zero-order valence-electron chi connectivity index (χ0n) is 35.4. The molecule has 15 nitrogen and oxygen atoms in total. The van der Waals surface area contributed by atoms with Crippen LogP contribution in [-0.2, 0) is 24.4 Å². The molecule has 60 heavy (non-hydrogen) atoms. The fraction of sp³-hybridized carbons (Fsp3) is 0.432. The lowest BCUT2D eigenvalue weighted by atomic mass is 9.80. The maximum Gasteiger partial charge on any atom is 0.347 e. The first kappa shape index (κ1) is 44.4. The number of aromatic nitrogens is 4. The number of amides is 1. The van der Waals surface area contributed by atoms with Crippen LogP contribution in [-0.4, -0.2) is 86.3 Å². The molecule has 0 saturated carbocycles.